The molecule has 0 bridgehead atoms. The zero-order valence-corrected chi connectivity index (χ0v) is 17.5. The highest BCUT2D eigenvalue weighted by Gasteiger charge is 2.39. The molecule has 4 heterocycles. The van der Waals surface area contributed by atoms with E-state index in [9.17, 15) is 26.0 Å². The van der Waals surface area contributed by atoms with Crippen molar-refractivity contribution in [1.82, 2.24) is 18.9 Å². The van der Waals surface area contributed by atoms with Gasteiger partial charge in [0, 0.05) is 31.8 Å². The Hall–Kier alpha value is -2.73. The number of aromatic nitrogens is 3. The molecule has 1 saturated heterocycles. The molecule has 5 rings (SSSR count). The third kappa shape index (κ3) is 3.51. The van der Waals surface area contributed by atoms with Crippen molar-refractivity contribution in [2.24, 2.45) is 0 Å². The van der Waals surface area contributed by atoms with Crippen molar-refractivity contribution in [2.45, 2.75) is 36.3 Å². The van der Waals surface area contributed by atoms with Crippen LogP contribution in [0, 0.1) is 5.82 Å². The summed E-state index contributed by atoms with van der Waals surface area (Å²) in [7, 11) is -4.13. The molecule has 0 spiro atoms. The molecule has 2 aliphatic heterocycles. The van der Waals surface area contributed by atoms with E-state index in [-0.39, 0.29) is 37.1 Å². The van der Waals surface area contributed by atoms with Crippen LogP contribution in [0.5, 0.6) is 5.75 Å². The number of sulfonamides is 1. The number of pyridine rings is 1. The van der Waals surface area contributed by atoms with Crippen LogP contribution in [0.2, 0.25) is 0 Å². The number of fused-ring (bicyclic) bond motifs is 2. The highest BCUT2D eigenvalue weighted by molar-refractivity contribution is 7.89. The predicted octanol–water partition coefficient (Wildman–Crippen LogP) is 3.39. The van der Waals surface area contributed by atoms with Crippen LogP contribution in [0.15, 0.2) is 35.6 Å². The van der Waals surface area contributed by atoms with Crippen LogP contribution in [-0.4, -0.2) is 47.0 Å². The van der Waals surface area contributed by atoms with Crippen LogP contribution in [0.3, 0.4) is 0 Å². The average molecular weight is 470 g/mol. The van der Waals surface area contributed by atoms with Gasteiger partial charge in [0.2, 0.25) is 10.0 Å². The van der Waals surface area contributed by atoms with Crippen LogP contribution in [0.1, 0.15) is 35.4 Å². The van der Waals surface area contributed by atoms with E-state index < -0.39 is 38.4 Å². The van der Waals surface area contributed by atoms with Crippen molar-refractivity contribution in [1.29, 1.82) is 0 Å². The van der Waals surface area contributed by atoms with Gasteiger partial charge in [0.25, 0.3) is 0 Å². The Balaban J connectivity index is 1.41. The summed E-state index contributed by atoms with van der Waals surface area (Å²) in [5.41, 5.74) is -0.0506. The van der Waals surface area contributed by atoms with Gasteiger partial charge in [0.05, 0.1) is 12.2 Å². The van der Waals surface area contributed by atoms with E-state index in [2.05, 4.69) is 10.1 Å². The number of nitrogens with zero attached hydrogens (tertiary/aromatic N) is 4. The summed E-state index contributed by atoms with van der Waals surface area (Å²) < 4.78 is 89.3. The first kappa shape index (κ1) is 21.1. The monoisotopic (exact) mass is 470 g/mol. The van der Waals surface area contributed by atoms with E-state index in [1.54, 1.807) is 0 Å². The van der Waals surface area contributed by atoms with Crippen molar-refractivity contribution in [3.05, 3.63) is 53.2 Å². The summed E-state index contributed by atoms with van der Waals surface area (Å²) in [6.07, 6.45) is -1.28. The highest BCUT2D eigenvalue weighted by atomic mass is 32.2. The molecular weight excluding hydrogens is 452 g/mol. The minimum absolute atomic E-state index is 0.0211. The topological polar surface area (TPSA) is 76.8 Å². The molecule has 2 aliphatic rings. The molecule has 3 aromatic rings. The molecule has 0 amide bonds. The number of alkyl halides is 3. The average Bonchev–Trinajstić information content (AvgIpc) is 3.40. The highest BCUT2D eigenvalue weighted by Crippen LogP contribution is 2.40. The Kier molecular flexibility index (Phi) is 4.89. The Morgan fingerprint density at radius 3 is 2.59 bits per heavy atom. The minimum atomic E-state index is -4.58. The predicted molar refractivity (Wildman–Crippen MR) is 104 cm³/mol. The normalized spacial score (nSPS) is 18.1. The van der Waals surface area contributed by atoms with Gasteiger partial charge in [0.15, 0.2) is 5.65 Å². The lowest BCUT2D eigenvalue weighted by Gasteiger charge is -2.32. The van der Waals surface area contributed by atoms with E-state index in [0.29, 0.717) is 24.3 Å². The molecule has 7 nitrogen and oxygen atoms in total. The Labute approximate surface area is 180 Å². The number of benzene rings is 1. The maximum Gasteiger partial charge on any atom is 0.416 e. The van der Waals surface area contributed by atoms with E-state index in [1.165, 1.54) is 23.1 Å². The number of halogens is 4. The van der Waals surface area contributed by atoms with Crippen LogP contribution >= 0.6 is 0 Å². The first-order valence-electron chi connectivity index (χ1n) is 10.0. The Morgan fingerprint density at radius 1 is 1.12 bits per heavy atom. The number of rotatable bonds is 3. The minimum Gasteiger partial charge on any atom is -0.493 e. The van der Waals surface area contributed by atoms with Crippen LogP contribution in [0.25, 0.3) is 5.65 Å². The lowest BCUT2D eigenvalue weighted by atomic mass is 9.88. The number of ether oxygens (including phenoxy) is 1. The zero-order valence-electron chi connectivity index (χ0n) is 16.6. The third-order valence-corrected chi connectivity index (χ3v) is 7.92. The largest absolute Gasteiger partial charge is 0.493 e. The summed E-state index contributed by atoms with van der Waals surface area (Å²) in [5.74, 6) is -1.09. The van der Waals surface area contributed by atoms with Gasteiger partial charge in [-0.2, -0.15) is 22.6 Å². The Morgan fingerprint density at radius 2 is 1.88 bits per heavy atom. The fourth-order valence-corrected chi connectivity index (χ4v) is 5.93. The first-order valence-corrected chi connectivity index (χ1v) is 11.4. The van der Waals surface area contributed by atoms with Crippen LogP contribution in [0.4, 0.5) is 17.6 Å². The fraction of sp³-hybridized carbons (Fsp3) is 0.400. The van der Waals surface area contributed by atoms with Gasteiger partial charge in [-0.15, -0.1) is 0 Å². The molecule has 0 aliphatic carbocycles. The lowest BCUT2D eigenvalue weighted by molar-refractivity contribution is -0.138. The smallest absolute Gasteiger partial charge is 0.416 e. The Bertz CT molecular complexity index is 1300. The van der Waals surface area contributed by atoms with Crippen molar-refractivity contribution < 1.29 is 30.7 Å². The summed E-state index contributed by atoms with van der Waals surface area (Å²) in [6, 6.07) is 3.32. The quantitative estimate of drug-likeness (QED) is 0.549. The van der Waals surface area contributed by atoms with E-state index in [4.69, 9.17) is 4.74 Å². The second-order valence-corrected chi connectivity index (χ2v) is 9.78. The van der Waals surface area contributed by atoms with Gasteiger partial charge in [-0.3, -0.25) is 0 Å². The standard InChI is InChI=1S/C20H18F4N4O3S/c21-16-9-17-13(3-6-31-17)7-18(16)32(29,30)27-4-1-12(2-5-27)14-10-28-19(25-11-26-28)8-15(14)20(22,23)24/h7-12H,1-6H2. The van der Waals surface area contributed by atoms with Gasteiger partial charge in [-0.25, -0.2) is 22.3 Å². The van der Waals surface area contributed by atoms with Crippen molar-refractivity contribution in [3.8, 4) is 5.75 Å². The molecule has 32 heavy (non-hydrogen) atoms. The summed E-state index contributed by atoms with van der Waals surface area (Å²) in [6.45, 7) is 0.320. The van der Waals surface area contributed by atoms with Gasteiger partial charge in [0.1, 0.15) is 22.8 Å². The molecule has 170 valence electrons. The summed E-state index contributed by atoms with van der Waals surface area (Å²) in [4.78, 5) is 3.38. The van der Waals surface area contributed by atoms with Gasteiger partial charge in [-0.05, 0) is 42.0 Å². The van der Waals surface area contributed by atoms with Crippen molar-refractivity contribution >= 4 is 15.7 Å². The number of piperidine rings is 1. The van der Waals surface area contributed by atoms with Gasteiger partial charge < -0.3 is 4.74 Å². The van der Waals surface area contributed by atoms with Crippen LogP contribution in [-0.2, 0) is 22.6 Å². The molecular formula is C20H18F4N4O3S. The van der Waals surface area contributed by atoms with E-state index in [1.807, 2.05) is 0 Å². The summed E-state index contributed by atoms with van der Waals surface area (Å²) in [5, 5.41) is 3.91. The molecule has 1 aromatic carbocycles. The molecule has 2 aromatic heterocycles. The van der Waals surface area contributed by atoms with Gasteiger partial charge in [-0.1, -0.05) is 0 Å². The molecule has 0 unspecified atom stereocenters. The lowest BCUT2D eigenvalue weighted by Crippen LogP contribution is -2.38. The van der Waals surface area contributed by atoms with E-state index in [0.717, 1.165) is 16.4 Å². The molecule has 0 radical (unpaired) electrons. The fourth-order valence-electron chi connectivity index (χ4n) is 4.37. The molecule has 0 atom stereocenters. The first-order chi connectivity index (χ1) is 15.1. The third-order valence-electron chi connectivity index (χ3n) is 6.01. The maximum atomic E-state index is 14.5. The second-order valence-electron chi connectivity index (χ2n) is 7.87. The van der Waals surface area contributed by atoms with Crippen molar-refractivity contribution in [3.63, 3.8) is 0 Å². The summed E-state index contributed by atoms with van der Waals surface area (Å²) >= 11 is 0. The van der Waals surface area contributed by atoms with Gasteiger partial charge >= 0.3 is 6.18 Å². The SMILES string of the molecule is O=S(=O)(c1cc2c(cc1F)OCC2)N1CCC(c2cn3ncnc3cc2C(F)(F)F)CC1. The maximum absolute atomic E-state index is 14.5. The van der Waals surface area contributed by atoms with Crippen LogP contribution < -0.4 is 4.74 Å². The van der Waals surface area contributed by atoms with E-state index >= 15 is 0 Å². The number of hydrogen-bond acceptors (Lipinski definition) is 5. The number of hydrogen-bond donors (Lipinski definition) is 0. The molecule has 0 N–H and O–H groups in total. The zero-order chi connectivity index (χ0) is 22.7. The molecule has 12 heteroatoms. The molecule has 0 saturated carbocycles. The molecule has 1 fully saturated rings. The second kappa shape index (κ2) is 7.41. The van der Waals surface area contributed by atoms with Crippen molar-refractivity contribution in [2.75, 3.05) is 19.7 Å².